The summed E-state index contributed by atoms with van der Waals surface area (Å²) in [5.74, 6) is 35.6. The fourth-order valence-corrected chi connectivity index (χ4v) is 2.17. The Morgan fingerprint density at radius 1 is 0.622 bits per heavy atom. The summed E-state index contributed by atoms with van der Waals surface area (Å²) >= 11 is 3.71. The number of allylic oxidation sites excluding steroid dienone is 6. The molecule has 37 heavy (non-hydrogen) atoms. The van der Waals surface area contributed by atoms with Crippen LogP contribution in [-0.4, -0.2) is 5.70 Å². The van der Waals surface area contributed by atoms with Crippen molar-refractivity contribution in [3.05, 3.63) is 34.9 Å². The summed E-state index contributed by atoms with van der Waals surface area (Å²) in [6, 6.07) is 0. The maximum atomic E-state index is 5.24. The van der Waals surface area contributed by atoms with Crippen molar-refractivity contribution in [3.8, 4) is 82.9 Å². The topological polar surface area (TPSA) is 0 Å². The zero-order valence-electron chi connectivity index (χ0n) is 23.2. The molecule has 0 aliphatic heterocycles. The van der Waals surface area contributed by atoms with Gasteiger partial charge in [-0.2, -0.15) is 0 Å². The van der Waals surface area contributed by atoms with Gasteiger partial charge in [0.15, 0.2) is 0 Å². The Labute approximate surface area is 273 Å². The number of rotatable bonds is 8. The molecule has 0 rings (SSSR count). The molecule has 4 heteroatoms. The molecule has 0 aliphatic carbocycles. The SMILES string of the molecule is CC#CC#CC#CC#CC#CC#CC#CC.CCC/C=C(\C)CC/C=C(\C)CCC=C(C)C.[B]I(I)I.[HH].[HH].[HH].[HH].[HH].[HH].[HH].[HH].[HH].[HH].[HH]. The van der Waals surface area contributed by atoms with Gasteiger partial charge < -0.3 is 0 Å². The number of hydrogen-bond donors (Lipinski definition) is 0. The summed E-state index contributed by atoms with van der Waals surface area (Å²) in [6.45, 7) is 14.5. The van der Waals surface area contributed by atoms with Crippen LogP contribution in [0.2, 0.25) is 0 Å². The Kier molecular flexibility index (Phi) is 37.1. The van der Waals surface area contributed by atoms with Gasteiger partial charge in [-0.15, -0.1) is 0 Å². The molecule has 0 amide bonds. The molecule has 0 unspecified atom stereocenters. The van der Waals surface area contributed by atoms with Crippen molar-refractivity contribution in [3.63, 3.8) is 0 Å². The molecule has 0 nitrogen and oxygen atoms in total. The molecule has 0 fully saturated rings. The van der Waals surface area contributed by atoms with Crippen molar-refractivity contribution in [2.24, 2.45) is 0 Å². The summed E-state index contributed by atoms with van der Waals surface area (Å²) in [4.78, 5) is 0. The van der Waals surface area contributed by atoms with Gasteiger partial charge in [0.25, 0.3) is 0 Å². The van der Waals surface area contributed by atoms with Crippen LogP contribution in [0.3, 0.4) is 0 Å². The van der Waals surface area contributed by atoms with E-state index < -0.39 is 11.7 Å². The third-order valence-corrected chi connectivity index (χ3v) is 3.84. The van der Waals surface area contributed by atoms with Crippen LogP contribution in [-0.2, 0) is 0 Å². The average molecular weight is 846 g/mol. The van der Waals surface area contributed by atoms with Crippen LogP contribution in [0, 0.1) is 82.9 Å². The van der Waals surface area contributed by atoms with Crippen LogP contribution in [0.25, 0.3) is 0 Å². The Bertz CT molecular complexity index is 1140. The molecular weight excluding hydrogens is 788 g/mol. The largest absolute Gasteiger partial charge is 0 e. The summed E-state index contributed by atoms with van der Waals surface area (Å²) in [5, 5.41) is 0. The van der Waals surface area contributed by atoms with Crippen molar-refractivity contribution in [1.29, 1.82) is 0 Å². The third-order valence-electron chi connectivity index (χ3n) is 3.84. The summed E-state index contributed by atoms with van der Waals surface area (Å²) in [5.41, 5.74) is 9.74. The fraction of sp³-hybridized carbons (Fsp3) is 0.394. The molecule has 0 atom stereocenters. The first-order chi connectivity index (χ1) is 17.7. The standard InChI is InChI=1S/C17H30.C16H6.BI3.11H2/c1-6-7-11-16(4)13-9-14-17(5)12-8-10-15(2)3;1-3-5-7-9-11-13-15-16-14-12-10-8-6-4-2;1-4(2)3;;;;;;;;;;;/h10-11,14H,6-9,12-13H2,1-5H3;1-2H3;;11*1H/b16-11+,17-14+;;;;;;;;;;;;;. The van der Waals surface area contributed by atoms with Crippen molar-refractivity contribution >= 4 is 54.6 Å². The van der Waals surface area contributed by atoms with Crippen molar-refractivity contribution in [2.75, 3.05) is 0 Å². The minimum atomic E-state index is -0.823. The minimum Gasteiger partial charge on any atom is 0 e. The van der Waals surface area contributed by atoms with Gasteiger partial charge in [0, 0.05) is 15.7 Å². The normalized spacial score (nSPS) is 8.73. The van der Waals surface area contributed by atoms with E-state index in [4.69, 9.17) is 5.70 Å². The fourth-order valence-electron chi connectivity index (χ4n) is 2.17. The molecule has 0 aromatic rings. The van der Waals surface area contributed by atoms with Gasteiger partial charge >= 0.3 is 54.6 Å². The van der Waals surface area contributed by atoms with Crippen LogP contribution < -0.4 is 0 Å². The molecular formula is C33H58BI3. The molecule has 0 aromatic carbocycles. The third kappa shape index (κ3) is 48.1. The number of hydrogen-bond acceptors (Lipinski definition) is 0. The first kappa shape index (κ1) is 39.9. The Balaban J connectivity index is -0.0000000298. The summed E-state index contributed by atoms with van der Waals surface area (Å²) < 4.78 is 0. The van der Waals surface area contributed by atoms with Gasteiger partial charge in [-0.3, -0.25) is 0 Å². The van der Waals surface area contributed by atoms with Crippen molar-refractivity contribution < 1.29 is 15.7 Å². The zero-order chi connectivity index (χ0) is 28.6. The minimum absolute atomic E-state index is 0. The summed E-state index contributed by atoms with van der Waals surface area (Å²) in [7, 11) is 0. The Morgan fingerprint density at radius 3 is 1.22 bits per heavy atom. The zero-order valence-corrected chi connectivity index (χ0v) is 29.7. The van der Waals surface area contributed by atoms with E-state index in [9.17, 15) is 0 Å². The predicted octanol–water partition coefficient (Wildman–Crippen LogP) is 12.2. The average Bonchev–Trinajstić information content (AvgIpc) is 2.83. The Morgan fingerprint density at radius 2 is 0.919 bits per heavy atom. The number of unbranched alkanes of at least 4 members (excludes halogenated alkanes) is 1. The molecule has 0 spiro atoms. The van der Waals surface area contributed by atoms with E-state index in [-0.39, 0.29) is 15.7 Å². The molecule has 0 heterocycles. The molecule has 0 N–H and O–H groups in total. The van der Waals surface area contributed by atoms with Crippen molar-refractivity contribution in [1.82, 2.24) is 0 Å². The van der Waals surface area contributed by atoms with Crippen LogP contribution in [0.4, 0.5) is 0 Å². The molecule has 0 saturated carbocycles. The van der Waals surface area contributed by atoms with E-state index in [1.165, 1.54) is 49.7 Å². The summed E-state index contributed by atoms with van der Waals surface area (Å²) in [6.07, 6.45) is 14.4. The molecule has 0 aromatic heterocycles. The second-order valence-corrected chi connectivity index (χ2v) is 31.0. The predicted molar refractivity (Wildman–Crippen MR) is 217 cm³/mol. The van der Waals surface area contributed by atoms with Crippen LogP contribution in [0.5, 0.6) is 0 Å². The maximum Gasteiger partial charge on any atom is 0 e. The van der Waals surface area contributed by atoms with Gasteiger partial charge in [-0.25, -0.2) is 0 Å². The van der Waals surface area contributed by atoms with Gasteiger partial charge in [-0.05, 0) is 145 Å². The van der Waals surface area contributed by atoms with Crippen LogP contribution in [0.15, 0.2) is 34.9 Å². The molecule has 0 bridgehead atoms. The smallest absolute Gasteiger partial charge is 0 e. The van der Waals surface area contributed by atoms with E-state index >= 15 is 0 Å². The van der Waals surface area contributed by atoms with Gasteiger partial charge in [-0.1, -0.05) is 60.1 Å². The maximum absolute atomic E-state index is 5.24. The molecule has 0 aliphatic rings. The van der Waals surface area contributed by atoms with Crippen molar-refractivity contribution in [2.45, 2.75) is 87.0 Å². The monoisotopic (exact) mass is 846 g/mol. The van der Waals surface area contributed by atoms with E-state index in [2.05, 4.69) is 173 Å². The molecule has 2 radical (unpaired) electrons. The first-order valence-electron chi connectivity index (χ1n) is 11.8. The van der Waals surface area contributed by atoms with Crippen LogP contribution in [0.1, 0.15) is 103 Å². The second-order valence-electron chi connectivity index (χ2n) is 7.47. The van der Waals surface area contributed by atoms with E-state index in [0.29, 0.717) is 0 Å². The molecule has 0 saturated heterocycles. The van der Waals surface area contributed by atoms with E-state index in [0.717, 1.165) is 0 Å². The molecule has 214 valence electrons. The number of halogens is 3. The van der Waals surface area contributed by atoms with Crippen LogP contribution >= 0.6 is 48.9 Å². The van der Waals surface area contributed by atoms with Gasteiger partial charge in [0.2, 0.25) is 0 Å². The second kappa shape index (κ2) is 34.4. The van der Waals surface area contributed by atoms with Gasteiger partial charge in [0.1, 0.15) is 0 Å². The van der Waals surface area contributed by atoms with Gasteiger partial charge in [0.05, 0.1) is 0 Å². The van der Waals surface area contributed by atoms with E-state index in [1.54, 1.807) is 19.4 Å². The first-order valence-corrected chi connectivity index (χ1v) is 25.6. The van der Waals surface area contributed by atoms with E-state index in [1.807, 2.05) is 0 Å². The Hall–Kier alpha value is -1.61. The quantitative estimate of drug-likeness (QED) is 0.0988.